The SMILES string of the molecule is COc1cccc(OC)c1C(=O)N1CCSC1c1ccco1. The maximum atomic E-state index is 13.0. The number of carbonyl (C=O) groups is 1. The Kier molecular flexibility index (Phi) is 4.29. The van der Waals surface area contributed by atoms with Gasteiger partial charge in [0.25, 0.3) is 5.91 Å². The molecule has 0 aliphatic carbocycles. The normalized spacial score (nSPS) is 17.5. The highest BCUT2D eigenvalue weighted by Crippen LogP contribution is 2.41. The number of amides is 1. The third-order valence-corrected chi connectivity index (χ3v) is 4.80. The smallest absolute Gasteiger partial charge is 0.262 e. The van der Waals surface area contributed by atoms with Gasteiger partial charge in [0.1, 0.15) is 28.2 Å². The van der Waals surface area contributed by atoms with Crippen molar-refractivity contribution in [3.05, 3.63) is 47.9 Å². The van der Waals surface area contributed by atoms with Crippen LogP contribution in [0.3, 0.4) is 0 Å². The van der Waals surface area contributed by atoms with E-state index in [9.17, 15) is 4.79 Å². The average Bonchev–Trinajstić information content (AvgIpc) is 3.23. The van der Waals surface area contributed by atoms with Gasteiger partial charge in [0.15, 0.2) is 0 Å². The largest absolute Gasteiger partial charge is 0.496 e. The van der Waals surface area contributed by atoms with Gasteiger partial charge in [0.2, 0.25) is 0 Å². The fourth-order valence-corrected chi connectivity index (χ4v) is 3.76. The second-order valence-electron chi connectivity index (χ2n) is 4.77. The summed E-state index contributed by atoms with van der Waals surface area (Å²) in [6.45, 7) is 0.663. The van der Waals surface area contributed by atoms with Crippen LogP contribution >= 0.6 is 11.8 Å². The molecule has 1 aliphatic rings. The topological polar surface area (TPSA) is 51.9 Å². The summed E-state index contributed by atoms with van der Waals surface area (Å²) >= 11 is 1.69. The molecule has 6 heteroatoms. The molecule has 1 unspecified atom stereocenters. The molecule has 1 amide bonds. The summed E-state index contributed by atoms with van der Waals surface area (Å²) in [4.78, 5) is 14.8. The van der Waals surface area contributed by atoms with Crippen molar-refractivity contribution in [1.82, 2.24) is 4.90 Å². The molecule has 1 aromatic carbocycles. The Balaban J connectivity index is 1.97. The van der Waals surface area contributed by atoms with E-state index in [0.717, 1.165) is 11.5 Å². The molecule has 2 heterocycles. The van der Waals surface area contributed by atoms with E-state index in [1.165, 1.54) is 0 Å². The molecule has 1 fully saturated rings. The molecular formula is C16H17NO4S. The fraction of sp³-hybridized carbons (Fsp3) is 0.312. The molecule has 1 aromatic heterocycles. The lowest BCUT2D eigenvalue weighted by molar-refractivity contribution is 0.0742. The number of methoxy groups -OCH3 is 2. The Bertz CT molecular complexity index is 634. The van der Waals surface area contributed by atoms with E-state index in [1.54, 1.807) is 55.3 Å². The molecule has 1 saturated heterocycles. The van der Waals surface area contributed by atoms with Gasteiger partial charge >= 0.3 is 0 Å². The maximum absolute atomic E-state index is 13.0. The lowest BCUT2D eigenvalue weighted by Gasteiger charge is -2.24. The Labute approximate surface area is 133 Å². The fourth-order valence-electron chi connectivity index (χ4n) is 2.55. The van der Waals surface area contributed by atoms with Crippen LogP contribution < -0.4 is 9.47 Å². The first-order valence-electron chi connectivity index (χ1n) is 6.93. The summed E-state index contributed by atoms with van der Waals surface area (Å²) in [7, 11) is 3.10. The molecule has 0 bridgehead atoms. The van der Waals surface area contributed by atoms with Crippen molar-refractivity contribution in [2.24, 2.45) is 0 Å². The Hall–Kier alpha value is -2.08. The Morgan fingerprint density at radius 1 is 1.23 bits per heavy atom. The van der Waals surface area contributed by atoms with Crippen molar-refractivity contribution in [2.45, 2.75) is 5.37 Å². The second kappa shape index (κ2) is 6.36. The van der Waals surface area contributed by atoms with Crippen molar-refractivity contribution in [1.29, 1.82) is 0 Å². The number of thioether (sulfide) groups is 1. The molecule has 5 nitrogen and oxygen atoms in total. The lowest BCUT2D eigenvalue weighted by atomic mass is 10.1. The molecule has 1 aliphatic heterocycles. The highest BCUT2D eigenvalue weighted by atomic mass is 32.2. The number of ether oxygens (including phenoxy) is 2. The minimum absolute atomic E-state index is 0.110. The van der Waals surface area contributed by atoms with Crippen LogP contribution in [0.5, 0.6) is 11.5 Å². The monoisotopic (exact) mass is 319 g/mol. The van der Waals surface area contributed by atoms with Crippen LogP contribution in [-0.2, 0) is 0 Å². The van der Waals surface area contributed by atoms with Crippen molar-refractivity contribution in [3.63, 3.8) is 0 Å². The summed E-state index contributed by atoms with van der Waals surface area (Å²) < 4.78 is 16.1. The van der Waals surface area contributed by atoms with E-state index in [0.29, 0.717) is 23.6 Å². The van der Waals surface area contributed by atoms with E-state index in [-0.39, 0.29) is 11.3 Å². The molecule has 0 N–H and O–H groups in total. The van der Waals surface area contributed by atoms with Crippen LogP contribution in [0, 0.1) is 0 Å². The van der Waals surface area contributed by atoms with Crippen molar-refractivity contribution in [3.8, 4) is 11.5 Å². The number of hydrogen-bond donors (Lipinski definition) is 0. The molecule has 3 rings (SSSR count). The molecule has 0 radical (unpaired) electrons. The zero-order chi connectivity index (χ0) is 15.5. The van der Waals surface area contributed by atoms with E-state index >= 15 is 0 Å². The number of hydrogen-bond acceptors (Lipinski definition) is 5. The van der Waals surface area contributed by atoms with E-state index in [2.05, 4.69) is 0 Å². The van der Waals surface area contributed by atoms with Crippen LogP contribution in [-0.4, -0.2) is 37.3 Å². The Morgan fingerprint density at radius 2 is 1.95 bits per heavy atom. The summed E-state index contributed by atoms with van der Waals surface area (Å²) in [5, 5.41) is -0.114. The first kappa shape index (κ1) is 14.8. The summed E-state index contributed by atoms with van der Waals surface area (Å²) in [6, 6.07) is 9.06. The first-order chi connectivity index (χ1) is 10.8. The van der Waals surface area contributed by atoms with Crippen molar-refractivity contribution >= 4 is 17.7 Å². The predicted molar refractivity (Wildman–Crippen MR) is 84.5 cm³/mol. The molecule has 1 atom stereocenters. The highest BCUT2D eigenvalue weighted by molar-refractivity contribution is 7.99. The molecule has 0 spiro atoms. The zero-order valence-electron chi connectivity index (χ0n) is 12.4. The molecule has 0 saturated carbocycles. The van der Waals surface area contributed by atoms with Crippen molar-refractivity contribution < 1.29 is 18.7 Å². The van der Waals surface area contributed by atoms with E-state index in [1.807, 2.05) is 12.1 Å². The third-order valence-electron chi connectivity index (χ3n) is 3.58. The highest BCUT2D eigenvalue weighted by Gasteiger charge is 2.35. The molecule has 22 heavy (non-hydrogen) atoms. The molecular weight excluding hydrogens is 302 g/mol. The minimum Gasteiger partial charge on any atom is -0.496 e. The van der Waals surface area contributed by atoms with Gasteiger partial charge in [-0.3, -0.25) is 4.79 Å². The van der Waals surface area contributed by atoms with Gasteiger partial charge in [-0.1, -0.05) is 6.07 Å². The van der Waals surface area contributed by atoms with E-state index in [4.69, 9.17) is 13.9 Å². The van der Waals surface area contributed by atoms with Crippen LogP contribution in [0.4, 0.5) is 0 Å². The first-order valence-corrected chi connectivity index (χ1v) is 7.98. The van der Waals surface area contributed by atoms with Gasteiger partial charge in [-0.15, -0.1) is 11.8 Å². The summed E-state index contributed by atoms with van der Waals surface area (Å²) in [6.07, 6.45) is 1.63. The Morgan fingerprint density at radius 3 is 2.55 bits per heavy atom. The number of furan rings is 1. The van der Waals surface area contributed by atoms with Gasteiger partial charge in [0.05, 0.1) is 20.5 Å². The van der Waals surface area contributed by atoms with Gasteiger partial charge in [-0.25, -0.2) is 0 Å². The quantitative estimate of drug-likeness (QED) is 0.866. The van der Waals surface area contributed by atoms with Gasteiger partial charge in [-0.2, -0.15) is 0 Å². The maximum Gasteiger partial charge on any atom is 0.262 e. The van der Waals surface area contributed by atoms with Gasteiger partial charge in [-0.05, 0) is 24.3 Å². The lowest BCUT2D eigenvalue weighted by Crippen LogP contribution is -2.30. The third kappa shape index (κ3) is 2.54. The predicted octanol–water partition coefficient (Wildman–Crippen LogP) is 3.18. The van der Waals surface area contributed by atoms with Crippen LogP contribution in [0.15, 0.2) is 41.0 Å². The zero-order valence-corrected chi connectivity index (χ0v) is 13.3. The summed E-state index contributed by atoms with van der Waals surface area (Å²) in [5.74, 6) is 2.57. The molecule has 116 valence electrons. The number of rotatable bonds is 4. The van der Waals surface area contributed by atoms with Gasteiger partial charge < -0.3 is 18.8 Å². The van der Waals surface area contributed by atoms with Crippen LogP contribution in [0.2, 0.25) is 0 Å². The standard InChI is InChI=1S/C16H17NO4S/c1-19-11-5-3-6-12(20-2)14(11)15(18)17-8-10-22-16(17)13-7-4-9-21-13/h3-7,9,16H,8,10H2,1-2H3. The van der Waals surface area contributed by atoms with E-state index < -0.39 is 0 Å². The number of benzene rings is 1. The molecule has 2 aromatic rings. The number of nitrogens with zero attached hydrogens (tertiary/aromatic N) is 1. The van der Waals surface area contributed by atoms with Crippen LogP contribution in [0.1, 0.15) is 21.5 Å². The average molecular weight is 319 g/mol. The minimum atomic E-state index is -0.114. The second-order valence-corrected chi connectivity index (χ2v) is 5.96. The van der Waals surface area contributed by atoms with Crippen LogP contribution in [0.25, 0.3) is 0 Å². The van der Waals surface area contributed by atoms with Gasteiger partial charge in [0, 0.05) is 12.3 Å². The van der Waals surface area contributed by atoms with Crippen molar-refractivity contribution in [2.75, 3.05) is 26.5 Å². The summed E-state index contributed by atoms with van der Waals surface area (Å²) in [5.41, 5.74) is 0.451. The number of carbonyl (C=O) groups excluding carboxylic acids is 1.